The standard InChI is InChI=1S/C21H23F3N2O2/c1-28-19-8-2-16(3-9-19)10-11-25-12-14-26(15-13-25)20(27)17-4-6-18(7-5-17)21(22,23)24/h2-9H,10-15H2,1H3. The predicted octanol–water partition coefficient (Wildman–Crippen LogP) is 3.71. The fourth-order valence-corrected chi connectivity index (χ4v) is 3.24. The molecule has 1 saturated heterocycles. The highest BCUT2D eigenvalue weighted by atomic mass is 19.4. The Bertz CT molecular complexity index is 781. The van der Waals surface area contributed by atoms with Crippen molar-refractivity contribution in [3.63, 3.8) is 0 Å². The number of benzene rings is 2. The number of carbonyl (C=O) groups excluding carboxylic acids is 1. The second kappa shape index (κ2) is 8.65. The van der Waals surface area contributed by atoms with Crippen LogP contribution in [0.25, 0.3) is 0 Å². The zero-order valence-corrected chi connectivity index (χ0v) is 15.7. The van der Waals surface area contributed by atoms with E-state index in [1.807, 2.05) is 24.3 Å². The largest absolute Gasteiger partial charge is 0.497 e. The molecule has 0 aromatic heterocycles. The van der Waals surface area contributed by atoms with Gasteiger partial charge in [-0.3, -0.25) is 9.69 Å². The van der Waals surface area contributed by atoms with Crippen LogP contribution in [0.1, 0.15) is 21.5 Å². The molecule has 2 aromatic rings. The smallest absolute Gasteiger partial charge is 0.416 e. The fourth-order valence-electron chi connectivity index (χ4n) is 3.24. The molecule has 1 fully saturated rings. The van der Waals surface area contributed by atoms with Crippen LogP contribution < -0.4 is 4.74 Å². The molecule has 0 radical (unpaired) electrons. The molecule has 0 bridgehead atoms. The minimum atomic E-state index is -4.39. The number of nitrogens with zero attached hydrogens (tertiary/aromatic N) is 2. The summed E-state index contributed by atoms with van der Waals surface area (Å²) in [4.78, 5) is 16.5. The first kappa shape index (κ1) is 20.2. The average molecular weight is 392 g/mol. The zero-order chi connectivity index (χ0) is 20.1. The summed E-state index contributed by atoms with van der Waals surface area (Å²) in [7, 11) is 1.64. The topological polar surface area (TPSA) is 32.8 Å². The number of hydrogen-bond acceptors (Lipinski definition) is 3. The van der Waals surface area contributed by atoms with Gasteiger partial charge in [0.15, 0.2) is 0 Å². The maximum absolute atomic E-state index is 12.6. The molecule has 1 amide bonds. The van der Waals surface area contributed by atoms with Gasteiger partial charge in [0, 0.05) is 38.3 Å². The van der Waals surface area contributed by atoms with Crippen molar-refractivity contribution in [3.05, 3.63) is 65.2 Å². The van der Waals surface area contributed by atoms with Crippen molar-refractivity contribution in [2.75, 3.05) is 39.8 Å². The second-order valence-corrected chi connectivity index (χ2v) is 6.81. The van der Waals surface area contributed by atoms with Crippen LogP contribution in [0, 0.1) is 0 Å². The van der Waals surface area contributed by atoms with Crippen LogP contribution >= 0.6 is 0 Å². The number of ether oxygens (including phenoxy) is 1. The molecule has 1 aliphatic heterocycles. The van der Waals surface area contributed by atoms with Crippen LogP contribution in [-0.4, -0.2) is 55.5 Å². The Morgan fingerprint density at radius 2 is 1.57 bits per heavy atom. The quantitative estimate of drug-likeness (QED) is 0.778. The number of rotatable bonds is 5. The number of alkyl halides is 3. The molecule has 28 heavy (non-hydrogen) atoms. The highest BCUT2D eigenvalue weighted by Crippen LogP contribution is 2.29. The first-order valence-electron chi connectivity index (χ1n) is 9.18. The summed E-state index contributed by atoms with van der Waals surface area (Å²) in [5, 5.41) is 0. The van der Waals surface area contributed by atoms with Crippen LogP contribution in [0.5, 0.6) is 5.75 Å². The number of hydrogen-bond donors (Lipinski definition) is 0. The van der Waals surface area contributed by atoms with Gasteiger partial charge in [-0.2, -0.15) is 13.2 Å². The minimum Gasteiger partial charge on any atom is -0.497 e. The van der Waals surface area contributed by atoms with E-state index in [1.165, 1.54) is 17.7 Å². The lowest BCUT2D eigenvalue weighted by Gasteiger charge is -2.34. The summed E-state index contributed by atoms with van der Waals surface area (Å²) >= 11 is 0. The molecule has 150 valence electrons. The third-order valence-electron chi connectivity index (χ3n) is 4.99. The lowest BCUT2D eigenvalue weighted by atomic mass is 10.1. The lowest BCUT2D eigenvalue weighted by Crippen LogP contribution is -2.49. The highest BCUT2D eigenvalue weighted by molar-refractivity contribution is 5.94. The maximum atomic E-state index is 12.6. The number of carbonyl (C=O) groups is 1. The molecule has 1 aliphatic rings. The maximum Gasteiger partial charge on any atom is 0.416 e. The van der Waals surface area contributed by atoms with Gasteiger partial charge in [-0.05, 0) is 48.4 Å². The minimum absolute atomic E-state index is 0.219. The molecule has 0 saturated carbocycles. The van der Waals surface area contributed by atoms with Crippen molar-refractivity contribution in [3.8, 4) is 5.75 Å². The molecule has 0 spiro atoms. The van der Waals surface area contributed by atoms with E-state index in [0.29, 0.717) is 18.7 Å². The van der Waals surface area contributed by atoms with Crippen molar-refractivity contribution < 1.29 is 22.7 Å². The van der Waals surface area contributed by atoms with Gasteiger partial charge in [0.2, 0.25) is 0 Å². The Morgan fingerprint density at radius 3 is 2.11 bits per heavy atom. The van der Waals surface area contributed by atoms with Gasteiger partial charge in [0.25, 0.3) is 5.91 Å². The molecule has 0 aliphatic carbocycles. The van der Waals surface area contributed by atoms with E-state index < -0.39 is 11.7 Å². The molecule has 0 unspecified atom stereocenters. The summed E-state index contributed by atoms with van der Waals surface area (Å²) < 4.78 is 43.1. The van der Waals surface area contributed by atoms with Gasteiger partial charge in [0.05, 0.1) is 12.7 Å². The Kier molecular flexibility index (Phi) is 6.24. The number of methoxy groups -OCH3 is 1. The van der Waals surface area contributed by atoms with E-state index in [-0.39, 0.29) is 5.91 Å². The predicted molar refractivity (Wildman–Crippen MR) is 100 cm³/mol. The van der Waals surface area contributed by atoms with E-state index >= 15 is 0 Å². The van der Waals surface area contributed by atoms with E-state index in [2.05, 4.69) is 4.90 Å². The second-order valence-electron chi connectivity index (χ2n) is 6.81. The van der Waals surface area contributed by atoms with Gasteiger partial charge in [-0.15, -0.1) is 0 Å². The highest BCUT2D eigenvalue weighted by Gasteiger charge is 2.30. The first-order chi connectivity index (χ1) is 13.4. The van der Waals surface area contributed by atoms with Gasteiger partial charge in [-0.1, -0.05) is 12.1 Å². The normalized spacial score (nSPS) is 15.5. The van der Waals surface area contributed by atoms with Crippen molar-refractivity contribution in [2.45, 2.75) is 12.6 Å². The summed E-state index contributed by atoms with van der Waals surface area (Å²) in [6, 6.07) is 12.4. The van der Waals surface area contributed by atoms with Crippen LogP contribution in [0.4, 0.5) is 13.2 Å². The van der Waals surface area contributed by atoms with Crippen molar-refractivity contribution in [1.82, 2.24) is 9.80 Å². The van der Waals surface area contributed by atoms with Gasteiger partial charge >= 0.3 is 6.18 Å². The third kappa shape index (κ3) is 5.04. The molecule has 0 atom stereocenters. The molecule has 7 heteroatoms. The van der Waals surface area contributed by atoms with E-state index in [9.17, 15) is 18.0 Å². The summed E-state index contributed by atoms with van der Waals surface area (Å²) in [6.45, 7) is 3.55. The van der Waals surface area contributed by atoms with Gasteiger partial charge in [-0.25, -0.2) is 0 Å². The Morgan fingerprint density at radius 1 is 0.964 bits per heavy atom. The lowest BCUT2D eigenvalue weighted by molar-refractivity contribution is -0.137. The summed E-state index contributed by atoms with van der Waals surface area (Å²) in [6.07, 6.45) is -3.48. The summed E-state index contributed by atoms with van der Waals surface area (Å²) in [5.41, 5.74) is 0.774. The van der Waals surface area contributed by atoms with E-state index in [0.717, 1.165) is 43.9 Å². The first-order valence-corrected chi connectivity index (χ1v) is 9.18. The van der Waals surface area contributed by atoms with Crippen LogP contribution in [0.3, 0.4) is 0 Å². The summed E-state index contributed by atoms with van der Waals surface area (Å²) in [5.74, 6) is 0.614. The Balaban J connectivity index is 1.48. The van der Waals surface area contributed by atoms with Crippen molar-refractivity contribution in [2.24, 2.45) is 0 Å². The fraction of sp³-hybridized carbons (Fsp3) is 0.381. The third-order valence-corrected chi connectivity index (χ3v) is 4.99. The average Bonchev–Trinajstić information content (AvgIpc) is 2.72. The van der Waals surface area contributed by atoms with Gasteiger partial charge < -0.3 is 9.64 Å². The number of piperazine rings is 1. The molecule has 0 N–H and O–H groups in total. The Labute approximate surface area is 162 Å². The Hall–Kier alpha value is -2.54. The molecule has 1 heterocycles. The van der Waals surface area contributed by atoms with Crippen molar-refractivity contribution in [1.29, 1.82) is 0 Å². The molecule has 3 rings (SSSR count). The SMILES string of the molecule is COc1ccc(CCN2CCN(C(=O)c3ccc(C(F)(F)F)cc3)CC2)cc1. The monoisotopic (exact) mass is 392 g/mol. The zero-order valence-electron chi connectivity index (χ0n) is 15.7. The van der Waals surface area contributed by atoms with Gasteiger partial charge in [0.1, 0.15) is 5.75 Å². The molecule has 4 nitrogen and oxygen atoms in total. The van der Waals surface area contributed by atoms with Crippen LogP contribution in [0.15, 0.2) is 48.5 Å². The molecular formula is C21H23F3N2O2. The van der Waals surface area contributed by atoms with Crippen LogP contribution in [-0.2, 0) is 12.6 Å². The number of halogens is 3. The van der Waals surface area contributed by atoms with Crippen molar-refractivity contribution >= 4 is 5.91 Å². The van der Waals surface area contributed by atoms with E-state index in [4.69, 9.17) is 4.74 Å². The van der Waals surface area contributed by atoms with E-state index in [1.54, 1.807) is 12.0 Å². The molecule has 2 aromatic carbocycles. The van der Waals surface area contributed by atoms with Crippen LogP contribution in [0.2, 0.25) is 0 Å². The number of amides is 1. The molecular weight excluding hydrogens is 369 g/mol.